The molecule has 0 radical (unpaired) electrons. The molecule has 2 saturated heterocycles. The lowest BCUT2D eigenvalue weighted by Crippen LogP contribution is -2.52. The molecule has 4 amide bonds. The molecule has 0 spiro atoms. The second kappa shape index (κ2) is 8.48. The quantitative estimate of drug-likeness (QED) is 0.533. The number of benzene rings is 2. The number of halogens is 1. The van der Waals surface area contributed by atoms with Gasteiger partial charge < -0.3 is 14.8 Å². The van der Waals surface area contributed by atoms with Crippen molar-refractivity contribution >= 4 is 46.1 Å². The van der Waals surface area contributed by atoms with Crippen LogP contribution in [0.3, 0.4) is 0 Å². The van der Waals surface area contributed by atoms with Crippen LogP contribution in [0.15, 0.2) is 36.4 Å². The first kappa shape index (κ1) is 22.8. The summed E-state index contributed by atoms with van der Waals surface area (Å²) in [5, 5.41) is 3.94. The van der Waals surface area contributed by atoms with Crippen molar-refractivity contribution in [3.63, 3.8) is 0 Å². The van der Waals surface area contributed by atoms with Crippen LogP contribution >= 0.6 is 11.6 Å². The molecule has 184 valence electrons. The van der Waals surface area contributed by atoms with Gasteiger partial charge >= 0.3 is 0 Å². The number of rotatable bonds is 3. The van der Waals surface area contributed by atoms with Crippen LogP contribution in [0, 0.1) is 6.92 Å². The number of nitrogens with zero attached hydrogens (tertiary/aromatic N) is 2. The largest absolute Gasteiger partial charge is 0.350 e. The summed E-state index contributed by atoms with van der Waals surface area (Å²) in [6, 6.07) is 10.8. The number of imide groups is 1. The van der Waals surface area contributed by atoms with Crippen molar-refractivity contribution in [2.75, 3.05) is 13.1 Å². The van der Waals surface area contributed by atoms with Crippen LogP contribution in [0.4, 0.5) is 0 Å². The van der Waals surface area contributed by atoms with Crippen molar-refractivity contribution in [1.29, 1.82) is 0 Å². The third-order valence-electron chi connectivity index (χ3n) is 7.73. The second-order valence-corrected chi connectivity index (χ2v) is 10.3. The maximum atomic E-state index is 13.3. The van der Waals surface area contributed by atoms with E-state index in [9.17, 15) is 19.2 Å². The highest BCUT2D eigenvalue weighted by Gasteiger charge is 2.39. The fourth-order valence-electron chi connectivity index (χ4n) is 5.75. The van der Waals surface area contributed by atoms with Gasteiger partial charge in [0.2, 0.25) is 11.8 Å². The van der Waals surface area contributed by atoms with Crippen molar-refractivity contribution in [2.45, 2.75) is 44.7 Å². The Morgan fingerprint density at radius 1 is 1.08 bits per heavy atom. The van der Waals surface area contributed by atoms with Gasteiger partial charge in [0.1, 0.15) is 11.7 Å². The van der Waals surface area contributed by atoms with Gasteiger partial charge in [-0.3, -0.25) is 24.5 Å². The first-order valence-electron chi connectivity index (χ1n) is 12.1. The average Bonchev–Trinajstić information content (AvgIpc) is 3.55. The molecule has 4 heterocycles. The Labute approximate surface area is 212 Å². The molecule has 0 bridgehead atoms. The lowest BCUT2D eigenvalue weighted by Gasteiger charge is -2.29. The predicted molar refractivity (Wildman–Crippen MR) is 134 cm³/mol. The van der Waals surface area contributed by atoms with Crippen molar-refractivity contribution < 1.29 is 19.2 Å². The summed E-state index contributed by atoms with van der Waals surface area (Å²) in [4.78, 5) is 56.8. The Bertz CT molecular complexity index is 1460. The number of hydrogen-bond acceptors (Lipinski definition) is 4. The number of fused-ring (bicyclic) bond motifs is 2. The van der Waals surface area contributed by atoms with Crippen LogP contribution in [0.25, 0.3) is 10.9 Å². The van der Waals surface area contributed by atoms with Crippen LogP contribution in [0.5, 0.6) is 0 Å². The maximum Gasteiger partial charge on any atom is 0.270 e. The SMILES string of the molecule is Cc1c(C(=O)N2CCC(c3ccc4c(c3)CN(C3CCC(=O)NC3=O)C4=O)C2)[nH]c2cc(Cl)ccc12. The van der Waals surface area contributed by atoms with E-state index in [2.05, 4.69) is 10.3 Å². The summed E-state index contributed by atoms with van der Waals surface area (Å²) in [6.07, 6.45) is 1.41. The smallest absolute Gasteiger partial charge is 0.270 e. The summed E-state index contributed by atoms with van der Waals surface area (Å²) < 4.78 is 0. The van der Waals surface area contributed by atoms with Crippen molar-refractivity contribution in [3.05, 3.63) is 69.4 Å². The second-order valence-electron chi connectivity index (χ2n) is 9.87. The van der Waals surface area contributed by atoms with Crippen molar-refractivity contribution in [1.82, 2.24) is 20.1 Å². The molecule has 2 unspecified atom stereocenters. The normalized spacial score (nSPS) is 21.9. The fourth-order valence-corrected chi connectivity index (χ4v) is 5.92. The molecule has 0 saturated carbocycles. The third-order valence-corrected chi connectivity index (χ3v) is 7.96. The first-order valence-corrected chi connectivity index (χ1v) is 12.5. The van der Waals surface area contributed by atoms with Gasteiger partial charge in [-0.25, -0.2) is 0 Å². The molecular formula is C27H25ClN4O4. The predicted octanol–water partition coefficient (Wildman–Crippen LogP) is 3.52. The van der Waals surface area contributed by atoms with Gasteiger partial charge in [0.25, 0.3) is 11.8 Å². The van der Waals surface area contributed by atoms with Gasteiger partial charge in [-0.2, -0.15) is 0 Å². The minimum atomic E-state index is -0.625. The van der Waals surface area contributed by atoms with E-state index in [0.29, 0.717) is 42.3 Å². The number of H-pyrrole nitrogens is 1. The highest BCUT2D eigenvalue weighted by atomic mass is 35.5. The van der Waals surface area contributed by atoms with Gasteiger partial charge in [0.05, 0.1) is 0 Å². The molecule has 1 aromatic heterocycles. The first-order chi connectivity index (χ1) is 17.3. The standard InChI is InChI=1S/C27H25ClN4O4/c1-14-19-5-3-18(28)11-21(19)29-24(14)27(36)31-9-8-16(12-31)15-2-4-20-17(10-15)13-32(26(20)35)22-6-7-23(33)30-25(22)34/h2-5,10-11,16,22,29H,6-9,12-13H2,1H3,(H,30,33,34). The maximum absolute atomic E-state index is 13.3. The topological polar surface area (TPSA) is 103 Å². The molecule has 2 N–H and O–H groups in total. The Balaban J connectivity index is 1.18. The number of aromatic amines is 1. The summed E-state index contributed by atoms with van der Waals surface area (Å²) in [5.41, 5.74) is 4.93. The van der Waals surface area contributed by atoms with E-state index < -0.39 is 11.9 Å². The number of nitrogens with one attached hydrogen (secondary N) is 2. The fraction of sp³-hybridized carbons (Fsp3) is 0.333. The van der Waals surface area contributed by atoms with E-state index in [1.54, 1.807) is 4.90 Å². The minimum Gasteiger partial charge on any atom is -0.350 e. The van der Waals surface area contributed by atoms with E-state index in [1.807, 2.05) is 48.2 Å². The summed E-state index contributed by atoms with van der Waals surface area (Å²) >= 11 is 6.12. The lowest BCUT2D eigenvalue weighted by molar-refractivity contribution is -0.136. The summed E-state index contributed by atoms with van der Waals surface area (Å²) in [7, 11) is 0. The van der Waals surface area contributed by atoms with Crippen LogP contribution in [0.1, 0.15) is 62.7 Å². The van der Waals surface area contributed by atoms with E-state index in [4.69, 9.17) is 11.6 Å². The van der Waals surface area contributed by atoms with Crippen LogP contribution in [-0.2, 0) is 16.1 Å². The van der Waals surface area contributed by atoms with Crippen molar-refractivity contribution in [3.8, 4) is 0 Å². The van der Waals surface area contributed by atoms with Gasteiger partial charge in [0.15, 0.2) is 0 Å². The third kappa shape index (κ3) is 3.67. The van der Waals surface area contributed by atoms with Crippen LogP contribution < -0.4 is 5.32 Å². The molecule has 2 atom stereocenters. The zero-order valence-corrected chi connectivity index (χ0v) is 20.5. The zero-order chi connectivity index (χ0) is 25.1. The minimum absolute atomic E-state index is 0.0253. The number of aromatic nitrogens is 1. The Morgan fingerprint density at radius 3 is 2.72 bits per heavy atom. The van der Waals surface area contributed by atoms with E-state index in [0.717, 1.165) is 34.0 Å². The van der Waals surface area contributed by atoms with Crippen molar-refractivity contribution in [2.24, 2.45) is 0 Å². The number of carbonyl (C=O) groups is 4. The van der Waals surface area contributed by atoms with Gasteiger partial charge in [-0.15, -0.1) is 0 Å². The van der Waals surface area contributed by atoms with Crippen LogP contribution in [-0.4, -0.2) is 57.5 Å². The molecule has 36 heavy (non-hydrogen) atoms. The molecule has 8 nitrogen and oxygen atoms in total. The number of amides is 4. The molecule has 2 fully saturated rings. The highest BCUT2D eigenvalue weighted by Crippen LogP contribution is 2.34. The Morgan fingerprint density at radius 2 is 1.92 bits per heavy atom. The van der Waals surface area contributed by atoms with E-state index in [-0.39, 0.29) is 30.1 Å². The molecule has 2 aromatic carbocycles. The number of carbonyl (C=O) groups excluding carboxylic acids is 4. The van der Waals surface area contributed by atoms with Gasteiger partial charge in [-0.05, 0) is 54.7 Å². The Hall–Kier alpha value is -3.65. The number of piperidine rings is 1. The molecular weight excluding hydrogens is 480 g/mol. The molecule has 9 heteroatoms. The summed E-state index contributed by atoms with van der Waals surface area (Å²) in [5.74, 6) is -0.744. The molecule has 6 rings (SSSR count). The summed E-state index contributed by atoms with van der Waals surface area (Å²) in [6.45, 7) is 3.54. The van der Waals surface area contributed by atoms with E-state index in [1.165, 1.54) is 0 Å². The highest BCUT2D eigenvalue weighted by molar-refractivity contribution is 6.31. The molecule has 3 aliphatic heterocycles. The van der Waals surface area contributed by atoms with Gasteiger partial charge in [-0.1, -0.05) is 29.8 Å². The number of likely N-dealkylation sites (tertiary alicyclic amines) is 1. The monoisotopic (exact) mass is 504 g/mol. The van der Waals surface area contributed by atoms with E-state index >= 15 is 0 Å². The number of hydrogen-bond donors (Lipinski definition) is 2. The molecule has 0 aliphatic carbocycles. The van der Waals surface area contributed by atoms with Crippen LogP contribution in [0.2, 0.25) is 5.02 Å². The lowest BCUT2D eigenvalue weighted by atomic mass is 9.95. The zero-order valence-electron chi connectivity index (χ0n) is 19.8. The molecule has 3 aliphatic rings. The average molecular weight is 505 g/mol. The molecule has 3 aromatic rings. The van der Waals surface area contributed by atoms with Gasteiger partial charge in [0, 0.05) is 53.5 Å². The number of aryl methyl sites for hydroxylation is 1. The Kier molecular flexibility index (Phi) is 5.37.